The molecule has 138 valence electrons. The summed E-state index contributed by atoms with van der Waals surface area (Å²) in [5, 5.41) is 0.923. The van der Waals surface area contributed by atoms with E-state index in [1.807, 2.05) is 47.4 Å². The van der Waals surface area contributed by atoms with Crippen LogP contribution < -0.4 is 4.74 Å². The number of fused-ring (bicyclic) bond motifs is 1. The second-order valence-corrected chi connectivity index (χ2v) is 6.56. The quantitative estimate of drug-likeness (QED) is 0.758. The number of nitrogens with one attached hydrogen (secondary N) is 1. The Morgan fingerprint density at radius 3 is 2.41 bits per heavy atom. The summed E-state index contributed by atoms with van der Waals surface area (Å²) in [6.07, 6.45) is 2.11. The molecule has 2 amide bonds. The number of carbonyl (C=O) groups excluding carboxylic acids is 2. The predicted molar refractivity (Wildman–Crippen MR) is 103 cm³/mol. The van der Waals surface area contributed by atoms with E-state index in [1.165, 1.54) is 0 Å². The first kappa shape index (κ1) is 17.1. The topological polar surface area (TPSA) is 65.6 Å². The van der Waals surface area contributed by atoms with Gasteiger partial charge < -0.3 is 19.5 Å². The molecular weight excluding hydrogens is 342 g/mol. The van der Waals surface area contributed by atoms with Crippen LogP contribution in [-0.2, 0) is 0 Å². The minimum absolute atomic E-state index is 0.00859. The van der Waals surface area contributed by atoms with E-state index in [-0.39, 0.29) is 12.0 Å². The first-order chi connectivity index (χ1) is 13.2. The number of ether oxygens (including phenoxy) is 1. The van der Waals surface area contributed by atoms with Gasteiger partial charge in [-0.25, -0.2) is 4.79 Å². The van der Waals surface area contributed by atoms with Gasteiger partial charge in [-0.3, -0.25) is 4.79 Å². The molecule has 6 heteroatoms. The van der Waals surface area contributed by atoms with Crippen molar-refractivity contribution in [2.45, 2.75) is 6.42 Å². The fourth-order valence-corrected chi connectivity index (χ4v) is 3.38. The van der Waals surface area contributed by atoms with Gasteiger partial charge in [0.05, 0.1) is 5.56 Å². The van der Waals surface area contributed by atoms with E-state index in [2.05, 4.69) is 4.98 Å². The maximum atomic E-state index is 13.0. The fourth-order valence-electron chi connectivity index (χ4n) is 3.38. The van der Waals surface area contributed by atoms with Gasteiger partial charge in [0.1, 0.15) is 5.75 Å². The molecule has 0 aliphatic carbocycles. The molecule has 2 aromatic carbocycles. The number of hydrogen-bond acceptors (Lipinski definition) is 3. The highest BCUT2D eigenvalue weighted by molar-refractivity contribution is 6.06. The molecule has 2 heterocycles. The van der Waals surface area contributed by atoms with Crippen molar-refractivity contribution in [3.63, 3.8) is 0 Å². The summed E-state index contributed by atoms with van der Waals surface area (Å²) in [5.74, 6) is 0.518. The summed E-state index contributed by atoms with van der Waals surface area (Å²) in [7, 11) is 0. The zero-order chi connectivity index (χ0) is 18.6. The lowest BCUT2D eigenvalue weighted by molar-refractivity contribution is 0.0762. The Morgan fingerprint density at radius 1 is 0.852 bits per heavy atom. The number of amides is 2. The van der Waals surface area contributed by atoms with Crippen LogP contribution in [0.4, 0.5) is 4.79 Å². The van der Waals surface area contributed by atoms with Gasteiger partial charge in [0.2, 0.25) is 0 Å². The molecule has 1 saturated heterocycles. The van der Waals surface area contributed by atoms with Crippen molar-refractivity contribution in [1.29, 1.82) is 0 Å². The third-order valence-electron chi connectivity index (χ3n) is 4.81. The lowest BCUT2D eigenvalue weighted by atomic mass is 10.1. The standard InChI is InChI=1S/C21H21N3O3/c25-20(18-15-22-19-10-5-4-9-17(18)19)23-11-6-12-24(14-13-23)21(26)27-16-7-2-1-3-8-16/h1-5,7-10,15,22H,6,11-14H2. The monoisotopic (exact) mass is 363 g/mol. The summed E-state index contributed by atoms with van der Waals surface area (Å²) in [6, 6.07) is 16.8. The minimum atomic E-state index is -0.373. The van der Waals surface area contributed by atoms with Gasteiger partial charge in [-0.15, -0.1) is 0 Å². The number of rotatable bonds is 2. The first-order valence-electron chi connectivity index (χ1n) is 9.09. The number of para-hydroxylation sites is 2. The van der Waals surface area contributed by atoms with Crippen LogP contribution >= 0.6 is 0 Å². The molecule has 0 saturated carbocycles. The molecule has 1 N–H and O–H groups in total. The highest BCUT2D eigenvalue weighted by Gasteiger charge is 2.25. The molecule has 0 spiro atoms. The summed E-state index contributed by atoms with van der Waals surface area (Å²) in [4.78, 5) is 32.0. The Bertz CT molecular complexity index is 951. The maximum absolute atomic E-state index is 13.0. The number of H-pyrrole nitrogens is 1. The minimum Gasteiger partial charge on any atom is -0.410 e. The van der Waals surface area contributed by atoms with E-state index < -0.39 is 0 Å². The molecule has 0 radical (unpaired) electrons. The zero-order valence-electron chi connectivity index (χ0n) is 14.9. The Kier molecular flexibility index (Phi) is 4.78. The van der Waals surface area contributed by atoms with E-state index >= 15 is 0 Å². The van der Waals surface area contributed by atoms with Crippen molar-refractivity contribution in [3.05, 3.63) is 66.4 Å². The van der Waals surface area contributed by atoms with Crippen molar-refractivity contribution in [1.82, 2.24) is 14.8 Å². The van der Waals surface area contributed by atoms with Crippen LogP contribution in [0.1, 0.15) is 16.8 Å². The van der Waals surface area contributed by atoms with E-state index in [9.17, 15) is 9.59 Å². The van der Waals surface area contributed by atoms with Gasteiger partial charge in [-0.05, 0) is 24.6 Å². The molecule has 1 fully saturated rings. The number of aromatic amines is 1. The lowest BCUT2D eigenvalue weighted by Gasteiger charge is -2.21. The van der Waals surface area contributed by atoms with Crippen molar-refractivity contribution >= 4 is 22.9 Å². The molecule has 6 nitrogen and oxygen atoms in total. The lowest BCUT2D eigenvalue weighted by Crippen LogP contribution is -2.38. The normalized spacial score (nSPS) is 14.8. The van der Waals surface area contributed by atoms with Gasteiger partial charge in [-0.1, -0.05) is 36.4 Å². The molecule has 1 aliphatic heterocycles. The van der Waals surface area contributed by atoms with Crippen molar-refractivity contribution < 1.29 is 14.3 Å². The average molecular weight is 363 g/mol. The van der Waals surface area contributed by atoms with Crippen molar-refractivity contribution in [3.8, 4) is 5.75 Å². The average Bonchev–Trinajstić information content (AvgIpc) is 2.97. The molecule has 0 bridgehead atoms. The smallest absolute Gasteiger partial charge is 0.410 e. The number of hydrogen-bond donors (Lipinski definition) is 1. The molecular formula is C21H21N3O3. The second kappa shape index (κ2) is 7.53. The summed E-state index contributed by atoms with van der Waals surface area (Å²) < 4.78 is 5.41. The third kappa shape index (κ3) is 3.65. The van der Waals surface area contributed by atoms with Crippen LogP contribution in [0.2, 0.25) is 0 Å². The van der Waals surface area contributed by atoms with E-state index in [4.69, 9.17) is 4.74 Å². The number of benzene rings is 2. The van der Waals surface area contributed by atoms with E-state index in [0.717, 1.165) is 17.3 Å². The number of nitrogens with zero attached hydrogens (tertiary/aromatic N) is 2. The Balaban J connectivity index is 1.42. The fraction of sp³-hybridized carbons (Fsp3) is 0.238. The van der Waals surface area contributed by atoms with Gasteiger partial charge in [-0.2, -0.15) is 0 Å². The zero-order valence-corrected chi connectivity index (χ0v) is 14.9. The summed E-state index contributed by atoms with van der Waals surface area (Å²) in [5.41, 5.74) is 1.62. The number of aromatic nitrogens is 1. The maximum Gasteiger partial charge on any atom is 0.415 e. The van der Waals surface area contributed by atoms with Crippen LogP contribution in [0.5, 0.6) is 5.75 Å². The largest absolute Gasteiger partial charge is 0.415 e. The van der Waals surface area contributed by atoms with Crippen molar-refractivity contribution in [2.75, 3.05) is 26.2 Å². The Hall–Kier alpha value is -3.28. The second-order valence-electron chi connectivity index (χ2n) is 6.56. The predicted octanol–water partition coefficient (Wildman–Crippen LogP) is 3.51. The van der Waals surface area contributed by atoms with Gasteiger partial charge in [0.15, 0.2) is 0 Å². The molecule has 0 atom stereocenters. The van der Waals surface area contributed by atoms with Gasteiger partial charge in [0, 0.05) is 43.3 Å². The number of carbonyl (C=O) groups is 2. The molecule has 27 heavy (non-hydrogen) atoms. The molecule has 1 aromatic heterocycles. The van der Waals surface area contributed by atoms with Crippen molar-refractivity contribution in [2.24, 2.45) is 0 Å². The van der Waals surface area contributed by atoms with Crippen LogP contribution in [0, 0.1) is 0 Å². The first-order valence-corrected chi connectivity index (χ1v) is 9.09. The summed E-state index contributed by atoms with van der Waals surface area (Å²) >= 11 is 0. The summed E-state index contributed by atoms with van der Waals surface area (Å²) in [6.45, 7) is 2.14. The van der Waals surface area contributed by atoms with Crippen LogP contribution in [0.15, 0.2) is 60.8 Å². The highest BCUT2D eigenvalue weighted by Crippen LogP contribution is 2.20. The van der Waals surface area contributed by atoms with E-state index in [0.29, 0.717) is 37.5 Å². The molecule has 4 rings (SSSR count). The Labute approximate surface area is 157 Å². The van der Waals surface area contributed by atoms with Gasteiger partial charge in [0.25, 0.3) is 5.91 Å². The molecule has 1 aliphatic rings. The Morgan fingerprint density at radius 2 is 1.56 bits per heavy atom. The third-order valence-corrected chi connectivity index (χ3v) is 4.81. The van der Waals surface area contributed by atoms with E-state index in [1.54, 1.807) is 23.2 Å². The van der Waals surface area contributed by atoms with Crippen LogP contribution in [0.25, 0.3) is 10.9 Å². The van der Waals surface area contributed by atoms with Crippen LogP contribution in [0.3, 0.4) is 0 Å². The highest BCUT2D eigenvalue weighted by atomic mass is 16.6. The van der Waals surface area contributed by atoms with Crippen LogP contribution in [-0.4, -0.2) is 53.0 Å². The van der Waals surface area contributed by atoms with Gasteiger partial charge >= 0.3 is 6.09 Å². The SMILES string of the molecule is O=C(Oc1ccccc1)N1CCCN(C(=O)c2c[nH]c3ccccc23)CC1. The molecule has 3 aromatic rings. The molecule has 0 unspecified atom stereocenters.